The Morgan fingerprint density at radius 1 is 1.42 bits per heavy atom. The van der Waals surface area contributed by atoms with Crippen LogP contribution >= 0.6 is 0 Å². The van der Waals surface area contributed by atoms with Crippen molar-refractivity contribution in [1.82, 2.24) is 5.32 Å². The number of rotatable bonds is 8. The first-order valence-electron chi connectivity index (χ1n) is 6.40. The van der Waals surface area contributed by atoms with Gasteiger partial charge in [0.2, 0.25) is 0 Å². The summed E-state index contributed by atoms with van der Waals surface area (Å²) in [5.41, 5.74) is 0. The fourth-order valence-electron chi connectivity index (χ4n) is 1.83. The van der Waals surface area contributed by atoms with Crippen LogP contribution in [0.25, 0.3) is 0 Å². The second kappa shape index (κ2) is 7.07. The van der Waals surface area contributed by atoms with Gasteiger partial charge in [0.1, 0.15) is 18.1 Å². The number of furan rings is 1. The largest absolute Gasteiger partial charge is 0.462 e. The topological polar surface area (TPSA) is 68.5 Å². The van der Waals surface area contributed by atoms with Crippen molar-refractivity contribution in [2.24, 2.45) is 0 Å². The van der Waals surface area contributed by atoms with Crippen LogP contribution < -0.4 is 5.32 Å². The minimum absolute atomic E-state index is 0.333. The van der Waals surface area contributed by atoms with Gasteiger partial charge >= 0.3 is 0 Å². The lowest BCUT2D eigenvalue weighted by molar-refractivity contribution is 0.161. The molecule has 110 valence electrons. The molecule has 1 heterocycles. The molecule has 0 aromatic carbocycles. The van der Waals surface area contributed by atoms with Crippen molar-refractivity contribution in [2.45, 2.75) is 38.2 Å². The summed E-state index contributed by atoms with van der Waals surface area (Å²) in [4.78, 5) is 0. The third kappa shape index (κ3) is 4.63. The smallest absolute Gasteiger partial charge is 0.152 e. The van der Waals surface area contributed by atoms with Gasteiger partial charge in [-0.25, -0.2) is 8.42 Å². The minimum Gasteiger partial charge on any atom is -0.462 e. The Bertz CT molecular complexity index is 481. The quantitative estimate of drug-likeness (QED) is 0.791. The van der Waals surface area contributed by atoms with E-state index < -0.39 is 15.1 Å². The van der Waals surface area contributed by atoms with Gasteiger partial charge in [-0.05, 0) is 32.0 Å². The van der Waals surface area contributed by atoms with Crippen LogP contribution in [0, 0.1) is 0 Å². The molecule has 1 N–H and O–H groups in total. The molecule has 1 rings (SSSR count). The van der Waals surface area contributed by atoms with Gasteiger partial charge in [0, 0.05) is 13.4 Å². The summed E-state index contributed by atoms with van der Waals surface area (Å²) in [5, 5.41) is 2.69. The summed E-state index contributed by atoms with van der Waals surface area (Å²) in [5.74, 6) is 1.33. The van der Waals surface area contributed by atoms with Gasteiger partial charge in [-0.15, -0.1) is 0 Å². The molecule has 0 radical (unpaired) electrons. The highest BCUT2D eigenvalue weighted by Crippen LogP contribution is 2.24. The van der Waals surface area contributed by atoms with E-state index in [9.17, 15) is 8.42 Å². The first-order valence-corrected chi connectivity index (χ1v) is 8.35. The van der Waals surface area contributed by atoms with E-state index in [0.717, 1.165) is 13.0 Å². The van der Waals surface area contributed by atoms with E-state index in [0.29, 0.717) is 18.1 Å². The molecular weight excluding hydrogens is 266 g/mol. The van der Waals surface area contributed by atoms with Crippen LogP contribution in [0.4, 0.5) is 0 Å². The van der Waals surface area contributed by atoms with Crippen molar-refractivity contribution >= 4 is 9.84 Å². The van der Waals surface area contributed by atoms with Crippen molar-refractivity contribution < 1.29 is 17.6 Å². The number of sulfone groups is 1. The van der Waals surface area contributed by atoms with Crippen LogP contribution in [0.5, 0.6) is 0 Å². The van der Waals surface area contributed by atoms with E-state index in [-0.39, 0.29) is 6.04 Å². The molecule has 1 aromatic heterocycles. The zero-order valence-electron chi connectivity index (χ0n) is 12.0. The number of methoxy groups -OCH3 is 1. The summed E-state index contributed by atoms with van der Waals surface area (Å²) in [7, 11) is -1.55. The van der Waals surface area contributed by atoms with Gasteiger partial charge in [0.15, 0.2) is 9.84 Å². The molecular formula is C13H23NO4S. The van der Waals surface area contributed by atoms with Crippen LogP contribution in [-0.4, -0.2) is 33.6 Å². The van der Waals surface area contributed by atoms with Gasteiger partial charge < -0.3 is 14.5 Å². The predicted octanol–water partition coefficient (Wildman–Crippen LogP) is 1.90. The Balaban J connectivity index is 2.94. The molecule has 0 saturated heterocycles. The van der Waals surface area contributed by atoms with Crippen LogP contribution in [0.3, 0.4) is 0 Å². The van der Waals surface area contributed by atoms with E-state index >= 15 is 0 Å². The molecule has 0 fully saturated rings. The number of nitrogens with one attached hydrogen (secondary N) is 1. The molecule has 19 heavy (non-hydrogen) atoms. The first kappa shape index (κ1) is 16.2. The Kier molecular flexibility index (Phi) is 6.03. The number of hydrogen-bond acceptors (Lipinski definition) is 5. The first-order chi connectivity index (χ1) is 8.90. The fourth-order valence-corrected chi connectivity index (χ4v) is 2.55. The molecule has 0 spiro atoms. The molecule has 2 unspecified atom stereocenters. The molecule has 6 heteroatoms. The lowest BCUT2D eigenvalue weighted by atomic mass is 10.1. The maximum Gasteiger partial charge on any atom is 0.152 e. The molecule has 1 aromatic rings. The van der Waals surface area contributed by atoms with E-state index in [1.807, 2.05) is 19.1 Å². The van der Waals surface area contributed by atoms with Gasteiger partial charge in [-0.1, -0.05) is 6.92 Å². The molecule has 0 bridgehead atoms. The normalized spacial score (nSPS) is 15.4. The van der Waals surface area contributed by atoms with Crippen LogP contribution in [0.1, 0.15) is 37.8 Å². The molecule has 0 aliphatic carbocycles. The maximum atomic E-state index is 11.7. The van der Waals surface area contributed by atoms with Gasteiger partial charge in [0.25, 0.3) is 0 Å². The summed E-state index contributed by atoms with van der Waals surface area (Å²) >= 11 is 0. The summed E-state index contributed by atoms with van der Waals surface area (Å²) in [6, 6.07) is 3.29. The van der Waals surface area contributed by atoms with Gasteiger partial charge in [-0.3, -0.25) is 0 Å². The average molecular weight is 289 g/mol. The number of ether oxygens (including phenoxy) is 1. The third-order valence-corrected chi connectivity index (χ3v) is 4.66. The highest BCUT2D eigenvalue weighted by atomic mass is 32.2. The molecule has 2 atom stereocenters. The summed E-state index contributed by atoms with van der Waals surface area (Å²) < 4.78 is 34.1. The second-order valence-corrected chi connectivity index (χ2v) is 7.11. The van der Waals surface area contributed by atoms with E-state index in [2.05, 4.69) is 5.32 Å². The van der Waals surface area contributed by atoms with Crippen molar-refractivity contribution in [3.8, 4) is 0 Å². The van der Waals surface area contributed by atoms with Crippen LogP contribution in [-0.2, 0) is 21.2 Å². The molecule has 0 amide bonds. The van der Waals surface area contributed by atoms with Gasteiger partial charge in [-0.2, -0.15) is 0 Å². The molecule has 5 nitrogen and oxygen atoms in total. The standard InChI is InChI=1S/C13H23NO4S/c1-5-8-14-13(10(2)19(4,15)16)12-7-6-11(18-12)9-17-3/h6-7,10,13-14H,5,8-9H2,1-4H3. The lowest BCUT2D eigenvalue weighted by Crippen LogP contribution is -2.35. The molecule has 0 aliphatic heterocycles. The SMILES string of the molecule is CCCNC(c1ccc(COC)o1)C(C)S(C)(=O)=O. The van der Waals surface area contributed by atoms with E-state index in [1.54, 1.807) is 14.0 Å². The Morgan fingerprint density at radius 3 is 2.63 bits per heavy atom. The molecule has 0 saturated carbocycles. The zero-order chi connectivity index (χ0) is 14.5. The van der Waals surface area contributed by atoms with Crippen LogP contribution in [0.15, 0.2) is 16.5 Å². The van der Waals surface area contributed by atoms with E-state index in [4.69, 9.17) is 9.15 Å². The Hall–Kier alpha value is -0.850. The monoisotopic (exact) mass is 289 g/mol. The van der Waals surface area contributed by atoms with Crippen molar-refractivity contribution in [1.29, 1.82) is 0 Å². The van der Waals surface area contributed by atoms with Crippen LogP contribution in [0.2, 0.25) is 0 Å². The van der Waals surface area contributed by atoms with Crippen molar-refractivity contribution in [3.63, 3.8) is 0 Å². The maximum absolute atomic E-state index is 11.7. The second-order valence-electron chi connectivity index (χ2n) is 4.70. The Labute approximate surface area is 115 Å². The average Bonchev–Trinajstić information content (AvgIpc) is 2.77. The highest BCUT2D eigenvalue weighted by molar-refractivity contribution is 7.91. The van der Waals surface area contributed by atoms with Gasteiger partial charge in [0.05, 0.1) is 11.3 Å². The summed E-state index contributed by atoms with van der Waals surface area (Å²) in [6.07, 6.45) is 2.18. The third-order valence-electron chi connectivity index (χ3n) is 3.03. The summed E-state index contributed by atoms with van der Waals surface area (Å²) in [6.45, 7) is 4.85. The predicted molar refractivity (Wildman–Crippen MR) is 74.8 cm³/mol. The minimum atomic E-state index is -3.14. The number of hydrogen-bond donors (Lipinski definition) is 1. The fraction of sp³-hybridized carbons (Fsp3) is 0.692. The Morgan fingerprint density at radius 2 is 2.11 bits per heavy atom. The lowest BCUT2D eigenvalue weighted by Gasteiger charge is -2.22. The molecule has 0 aliphatic rings. The highest BCUT2D eigenvalue weighted by Gasteiger charge is 2.29. The van der Waals surface area contributed by atoms with Crippen molar-refractivity contribution in [2.75, 3.05) is 19.9 Å². The van der Waals surface area contributed by atoms with E-state index in [1.165, 1.54) is 6.26 Å². The van der Waals surface area contributed by atoms with Crippen molar-refractivity contribution in [3.05, 3.63) is 23.7 Å². The zero-order valence-corrected chi connectivity index (χ0v) is 12.8.